The molecule has 6 nitrogen and oxygen atoms in total. The molecular formula is C30H35ClF3N3O3. The number of benzene rings is 1. The zero-order chi connectivity index (χ0) is 28.5. The van der Waals surface area contributed by atoms with Crippen molar-refractivity contribution in [2.45, 2.75) is 74.9 Å². The van der Waals surface area contributed by atoms with E-state index in [9.17, 15) is 18.0 Å². The van der Waals surface area contributed by atoms with Crippen molar-refractivity contribution >= 4 is 23.5 Å². The predicted molar refractivity (Wildman–Crippen MR) is 141 cm³/mol. The maximum absolute atomic E-state index is 14.3. The van der Waals surface area contributed by atoms with Crippen LogP contribution < -0.4 is 10.4 Å². The molecule has 10 heteroatoms. The van der Waals surface area contributed by atoms with Gasteiger partial charge in [0, 0.05) is 18.3 Å². The molecule has 1 amide bonds. The lowest BCUT2D eigenvalue weighted by atomic mass is 9.64. The van der Waals surface area contributed by atoms with Gasteiger partial charge in [0.15, 0.2) is 0 Å². The van der Waals surface area contributed by atoms with E-state index >= 15 is 0 Å². The minimum atomic E-state index is -5.19. The number of nitrogens with two attached hydrogens (primary N) is 1. The second-order valence-corrected chi connectivity index (χ2v) is 12.0. The number of hydrogen-bond donors (Lipinski definition) is 1. The van der Waals surface area contributed by atoms with Gasteiger partial charge in [-0.2, -0.15) is 13.2 Å². The number of aliphatic carboxylic acids is 1. The zero-order valence-corrected chi connectivity index (χ0v) is 23.1. The standard InChI is InChI=1S/C28H34ClN3O.C2HF3O2/c29-26-12-11-22-24(31-26)10-5-14-28(22)18-30-17-23(28)27(33)32-15-13-21(19-6-2-1-3-7-19)16-25(32)20-8-4-9-20;3-2(4,5)1(6)7/h1-3,6-7,11-12,20-21,23,25,30H,4-5,8-10,13-18H2;(H,6,7)/t21?,23-,25?,28-;/m0./s1. The van der Waals surface area contributed by atoms with Gasteiger partial charge < -0.3 is 20.1 Å². The molecule has 40 heavy (non-hydrogen) atoms. The Morgan fingerprint density at radius 1 is 1.07 bits per heavy atom. The van der Waals surface area contributed by atoms with Crippen molar-refractivity contribution in [3.05, 3.63) is 64.4 Å². The first kappa shape index (κ1) is 28.9. The first-order valence-electron chi connectivity index (χ1n) is 14.2. The number of carboxylic acids is 1. The number of hydrogen-bond acceptors (Lipinski definition) is 4. The molecule has 1 spiro atoms. The molecule has 6 rings (SSSR count). The van der Waals surface area contributed by atoms with Crippen molar-refractivity contribution in [3.63, 3.8) is 0 Å². The van der Waals surface area contributed by atoms with Crippen LogP contribution in [0.25, 0.3) is 0 Å². The molecule has 3 fully saturated rings. The Morgan fingerprint density at radius 2 is 1.80 bits per heavy atom. The summed E-state index contributed by atoms with van der Waals surface area (Å²) in [6, 6.07) is 15.5. The van der Waals surface area contributed by atoms with E-state index in [0.717, 1.165) is 57.4 Å². The van der Waals surface area contributed by atoms with Crippen LogP contribution in [0.3, 0.4) is 0 Å². The van der Waals surface area contributed by atoms with E-state index in [-0.39, 0.29) is 11.3 Å². The lowest BCUT2D eigenvalue weighted by Crippen LogP contribution is -2.82. The average molecular weight is 578 g/mol. The van der Waals surface area contributed by atoms with Crippen LogP contribution in [0.2, 0.25) is 5.15 Å². The van der Waals surface area contributed by atoms with Crippen LogP contribution in [-0.2, 0) is 21.4 Å². The predicted octanol–water partition coefficient (Wildman–Crippen LogP) is 3.38. The van der Waals surface area contributed by atoms with Crippen LogP contribution in [0.5, 0.6) is 0 Å². The smallest absolute Gasteiger partial charge is 0.430 e. The summed E-state index contributed by atoms with van der Waals surface area (Å²) in [5, 5.41) is 11.7. The third-order valence-electron chi connectivity index (χ3n) is 9.51. The Kier molecular flexibility index (Phi) is 8.43. The van der Waals surface area contributed by atoms with Crippen LogP contribution in [-0.4, -0.2) is 53.6 Å². The zero-order valence-electron chi connectivity index (χ0n) is 22.3. The maximum Gasteiger partial charge on any atom is 0.430 e. The van der Waals surface area contributed by atoms with Gasteiger partial charge in [-0.1, -0.05) is 54.4 Å². The van der Waals surface area contributed by atoms with E-state index in [1.165, 1.54) is 30.4 Å². The average Bonchev–Trinajstić information content (AvgIpc) is 3.31. The normalized spacial score (nSPS) is 28.3. The molecule has 216 valence electrons. The van der Waals surface area contributed by atoms with Crippen molar-refractivity contribution in [3.8, 4) is 0 Å². The Balaban J connectivity index is 0.000000411. The number of piperidine rings is 1. The first-order valence-corrected chi connectivity index (χ1v) is 14.6. The molecule has 0 bridgehead atoms. The van der Waals surface area contributed by atoms with Crippen molar-refractivity contribution in [2.75, 3.05) is 19.6 Å². The quantitative estimate of drug-likeness (QED) is 0.567. The van der Waals surface area contributed by atoms with E-state index in [1.807, 2.05) is 6.07 Å². The summed E-state index contributed by atoms with van der Waals surface area (Å²) in [4.78, 5) is 30.1. The number of aryl methyl sites for hydroxylation is 1. The van der Waals surface area contributed by atoms with Crippen LogP contribution in [0.4, 0.5) is 13.2 Å². The number of carbonyl (C=O) groups is 2. The SMILES string of the molecule is O=C([C@@H]1C[NH2+]C[C@]12CCCc1nc(Cl)ccc12)N1CCC(c2ccccc2)CC1C1CCC1.O=C([O-])C(F)(F)F. The summed E-state index contributed by atoms with van der Waals surface area (Å²) >= 11 is 6.24. The summed E-state index contributed by atoms with van der Waals surface area (Å²) in [6.07, 6.45) is 4.05. The summed E-state index contributed by atoms with van der Waals surface area (Å²) in [5.74, 6) is -1.29. The molecule has 2 saturated heterocycles. The number of carbonyl (C=O) groups excluding carboxylic acids is 2. The van der Waals surface area contributed by atoms with Gasteiger partial charge in [0.2, 0.25) is 5.91 Å². The highest BCUT2D eigenvalue weighted by molar-refractivity contribution is 6.29. The molecule has 1 aromatic carbocycles. The highest BCUT2D eigenvalue weighted by Gasteiger charge is 2.55. The lowest BCUT2D eigenvalue weighted by molar-refractivity contribution is -0.640. The Bertz CT molecular complexity index is 1220. The van der Waals surface area contributed by atoms with Gasteiger partial charge in [-0.3, -0.25) is 4.79 Å². The summed E-state index contributed by atoms with van der Waals surface area (Å²) in [7, 11) is 0. The van der Waals surface area contributed by atoms with E-state index in [4.69, 9.17) is 21.5 Å². The number of alkyl halides is 3. The van der Waals surface area contributed by atoms with Crippen LogP contribution >= 0.6 is 11.6 Å². The largest absolute Gasteiger partial charge is 0.542 e. The van der Waals surface area contributed by atoms with Crippen molar-refractivity contribution < 1.29 is 33.2 Å². The molecule has 4 atom stereocenters. The molecular weight excluding hydrogens is 543 g/mol. The van der Waals surface area contributed by atoms with Crippen LogP contribution in [0, 0.1) is 11.8 Å². The molecule has 2 unspecified atom stereocenters. The fraction of sp³-hybridized carbons (Fsp3) is 0.567. The summed E-state index contributed by atoms with van der Waals surface area (Å²) in [5.41, 5.74) is 3.79. The van der Waals surface area contributed by atoms with Gasteiger partial charge in [-0.25, -0.2) is 4.98 Å². The number of carboxylic acid groups (broad SMARTS) is 1. The number of quaternary nitrogens is 1. The molecule has 3 heterocycles. The molecule has 2 N–H and O–H groups in total. The van der Waals surface area contributed by atoms with E-state index in [0.29, 0.717) is 28.9 Å². The minimum Gasteiger partial charge on any atom is -0.542 e. The number of rotatable bonds is 3. The molecule has 1 aromatic heterocycles. The van der Waals surface area contributed by atoms with E-state index < -0.39 is 12.1 Å². The molecule has 2 aliphatic heterocycles. The summed E-state index contributed by atoms with van der Waals surface area (Å²) < 4.78 is 31.5. The number of nitrogens with zero attached hydrogens (tertiary/aromatic N) is 2. The van der Waals surface area contributed by atoms with E-state index in [2.05, 4.69) is 51.6 Å². The fourth-order valence-electron chi connectivity index (χ4n) is 7.38. The Morgan fingerprint density at radius 3 is 2.45 bits per heavy atom. The highest BCUT2D eigenvalue weighted by Crippen LogP contribution is 2.46. The Hall–Kier alpha value is -2.65. The number of likely N-dealkylation sites (tertiary alicyclic amines) is 1. The minimum absolute atomic E-state index is 0.0513. The topological polar surface area (TPSA) is 89.9 Å². The van der Waals surface area contributed by atoms with Crippen molar-refractivity contribution in [1.29, 1.82) is 0 Å². The molecule has 2 aliphatic carbocycles. The highest BCUT2D eigenvalue weighted by atomic mass is 35.5. The Labute approximate surface area is 237 Å². The summed E-state index contributed by atoms with van der Waals surface area (Å²) in [6.45, 7) is 2.79. The number of pyridine rings is 1. The van der Waals surface area contributed by atoms with Gasteiger partial charge in [0.1, 0.15) is 17.0 Å². The first-order chi connectivity index (χ1) is 19.1. The fourth-order valence-corrected chi connectivity index (χ4v) is 7.55. The number of amides is 1. The monoisotopic (exact) mass is 577 g/mol. The molecule has 4 aliphatic rings. The molecule has 2 aromatic rings. The van der Waals surface area contributed by atoms with E-state index in [1.54, 1.807) is 0 Å². The van der Waals surface area contributed by atoms with Crippen molar-refractivity contribution in [2.24, 2.45) is 11.8 Å². The number of halogens is 4. The van der Waals surface area contributed by atoms with Gasteiger partial charge in [0.25, 0.3) is 0 Å². The third kappa shape index (κ3) is 5.73. The van der Waals surface area contributed by atoms with Crippen LogP contribution in [0.1, 0.15) is 67.7 Å². The molecule has 1 saturated carbocycles. The second kappa shape index (κ2) is 11.7. The van der Waals surface area contributed by atoms with Gasteiger partial charge >= 0.3 is 6.18 Å². The lowest BCUT2D eigenvalue weighted by Gasteiger charge is -2.48. The van der Waals surface area contributed by atoms with Crippen LogP contribution in [0.15, 0.2) is 42.5 Å². The second-order valence-electron chi connectivity index (χ2n) is 11.6. The van der Waals surface area contributed by atoms with Gasteiger partial charge in [0.05, 0.1) is 18.5 Å². The van der Waals surface area contributed by atoms with Gasteiger partial charge in [-0.05, 0) is 74.0 Å². The maximum atomic E-state index is 14.3. The number of aromatic nitrogens is 1. The molecule has 0 radical (unpaired) electrons. The third-order valence-corrected chi connectivity index (χ3v) is 9.72. The van der Waals surface area contributed by atoms with Gasteiger partial charge in [-0.15, -0.1) is 0 Å². The van der Waals surface area contributed by atoms with Crippen molar-refractivity contribution in [1.82, 2.24) is 9.88 Å². The number of fused-ring (bicyclic) bond motifs is 2.